The van der Waals surface area contributed by atoms with E-state index >= 15 is 0 Å². The molecule has 3 rings (SSSR count). The van der Waals surface area contributed by atoms with Gasteiger partial charge in [-0.25, -0.2) is 9.97 Å². The SMILES string of the molecule is C[Si](C)(C)OCN(c1ccccc1)c1ccc2nccnc2n1. The maximum absolute atomic E-state index is 6.10. The predicted octanol–water partition coefficient (Wildman–Crippen LogP) is 3.97. The highest BCUT2D eigenvalue weighted by atomic mass is 28.4. The van der Waals surface area contributed by atoms with E-state index in [2.05, 4.69) is 51.6 Å². The van der Waals surface area contributed by atoms with Crippen molar-refractivity contribution in [2.45, 2.75) is 19.6 Å². The van der Waals surface area contributed by atoms with Gasteiger partial charge in [0.1, 0.15) is 18.1 Å². The summed E-state index contributed by atoms with van der Waals surface area (Å²) >= 11 is 0. The average Bonchev–Trinajstić information content (AvgIpc) is 2.55. The molecule has 0 unspecified atom stereocenters. The summed E-state index contributed by atoms with van der Waals surface area (Å²) in [6, 6.07) is 14.0. The van der Waals surface area contributed by atoms with Crippen LogP contribution in [0.1, 0.15) is 0 Å². The second-order valence-electron chi connectivity index (χ2n) is 6.22. The van der Waals surface area contributed by atoms with E-state index in [1.54, 1.807) is 12.4 Å². The van der Waals surface area contributed by atoms with Crippen LogP contribution in [0.5, 0.6) is 0 Å². The van der Waals surface area contributed by atoms with Gasteiger partial charge < -0.3 is 9.33 Å². The lowest BCUT2D eigenvalue weighted by atomic mass is 10.3. The lowest BCUT2D eigenvalue weighted by Gasteiger charge is -2.27. The molecule has 0 spiro atoms. The Morgan fingerprint density at radius 2 is 1.70 bits per heavy atom. The summed E-state index contributed by atoms with van der Waals surface area (Å²) in [5.74, 6) is 0.808. The molecule has 0 saturated carbocycles. The Labute approximate surface area is 137 Å². The Hall–Kier alpha value is -2.31. The Kier molecular flexibility index (Phi) is 4.36. The van der Waals surface area contributed by atoms with Gasteiger partial charge in [-0.1, -0.05) is 18.2 Å². The molecule has 3 aromatic rings. The number of pyridine rings is 1. The lowest BCUT2D eigenvalue weighted by molar-refractivity contribution is 0.320. The van der Waals surface area contributed by atoms with E-state index < -0.39 is 8.32 Å². The maximum Gasteiger partial charge on any atom is 0.186 e. The molecule has 118 valence electrons. The zero-order chi connectivity index (χ0) is 16.3. The largest absolute Gasteiger partial charge is 0.400 e. The summed E-state index contributed by atoms with van der Waals surface area (Å²) in [4.78, 5) is 15.3. The fourth-order valence-electron chi connectivity index (χ4n) is 2.13. The minimum Gasteiger partial charge on any atom is -0.400 e. The van der Waals surface area contributed by atoms with Crippen molar-refractivity contribution in [2.75, 3.05) is 11.6 Å². The first-order valence-corrected chi connectivity index (χ1v) is 11.0. The number of nitrogens with zero attached hydrogens (tertiary/aromatic N) is 4. The Balaban J connectivity index is 1.98. The van der Waals surface area contributed by atoms with Gasteiger partial charge in [-0.15, -0.1) is 0 Å². The predicted molar refractivity (Wildman–Crippen MR) is 95.2 cm³/mol. The van der Waals surface area contributed by atoms with E-state index in [0.29, 0.717) is 12.4 Å². The van der Waals surface area contributed by atoms with Gasteiger partial charge in [0, 0.05) is 18.1 Å². The molecule has 5 nitrogen and oxygen atoms in total. The number of anilines is 2. The van der Waals surface area contributed by atoms with Crippen molar-refractivity contribution >= 4 is 31.0 Å². The third kappa shape index (κ3) is 3.91. The molecule has 0 aliphatic rings. The van der Waals surface area contributed by atoms with Gasteiger partial charge in [0.2, 0.25) is 0 Å². The molecule has 2 heterocycles. The molecular formula is C17H20N4OSi. The molecule has 0 aliphatic heterocycles. The number of para-hydroxylation sites is 1. The summed E-state index contributed by atoms with van der Waals surface area (Å²) in [6.07, 6.45) is 3.33. The number of hydrogen-bond donors (Lipinski definition) is 0. The van der Waals surface area contributed by atoms with Gasteiger partial charge >= 0.3 is 0 Å². The summed E-state index contributed by atoms with van der Waals surface area (Å²) in [6.45, 7) is 7.00. The van der Waals surface area contributed by atoms with Crippen molar-refractivity contribution in [1.82, 2.24) is 15.0 Å². The molecule has 0 radical (unpaired) electrons. The number of fused-ring (bicyclic) bond motifs is 1. The summed E-state index contributed by atoms with van der Waals surface area (Å²) < 4.78 is 6.10. The van der Waals surface area contributed by atoms with E-state index in [0.717, 1.165) is 17.0 Å². The zero-order valence-corrected chi connectivity index (χ0v) is 14.6. The highest BCUT2D eigenvalue weighted by Crippen LogP contribution is 2.25. The summed E-state index contributed by atoms with van der Waals surface area (Å²) in [5.41, 5.74) is 2.47. The van der Waals surface area contributed by atoms with Gasteiger partial charge in [-0.2, -0.15) is 0 Å². The first kappa shape index (κ1) is 15.6. The Bertz CT molecular complexity index is 789. The molecule has 1 aromatic carbocycles. The van der Waals surface area contributed by atoms with Gasteiger partial charge in [-0.05, 0) is 43.9 Å². The molecule has 2 aromatic heterocycles. The smallest absolute Gasteiger partial charge is 0.186 e. The Morgan fingerprint density at radius 1 is 0.957 bits per heavy atom. The number of aromatic nitrogens is 3. The van der Waals surface area contributed by atoms with E-state index in [9.17, 15) is 0 Å². The lowest BCUT2D eigenvalue weighted by Crippen LogP contribution is -2.33. The van der Waals surface area contributed by atoms with Crippen LogP contribution in [0.4, 0.5) is 11.5 Å². The second kappa shape index (κ2) is 6.43. The fourth-order valence-corrected chi connectivity index (χ4v) is 2.65. The average molecular weight is 324 g/mol. The zero-order valence-electron chi connectivity index (χ0n) is 13.6. The summed E-state index contributed by atoms with van der Waals surface area (Å²) in [7, 11) is -1.64. The first-order chi connectivity index (χ1) is 11.0. The summed E-state index contributed by atoms with van der Waals surface area (Å²) in [5, 5.41) is 0. The standard InChI is InChI=1S/C17H20N4OSi/c1-23(2,3)22-13-21(14-7-5-4-6-8-14)16-10-9-15-17(20-16)19-12-11-18-15/h4-12H,13H2,1-3H3. The monoisotopic (exact) mass is 324 g/mol. The van der Waals surface area contributed by atoms with Crippen LogP contribution in [0.2, 0.25) is 19.6 Å². The minimum atomic E-state index is -1.64. The van der Waals surface area contributed by atoms with Crippen molar-refractivity contribution in [1.29, 1.82) is 0 Å². The minimum absolute atomic E-state index is 0.471. The van der Waals surface area contributed by atoms with Crippen LogP contribution in [-0.4, -0.2) is 30.0 Å². The van der Waals surface area contributed by atoms with Crippen LogP contribution in [0.15, 0.2) is 54.9 Å². The molecular weight excluding hydrogens is 304 g/mol. The van der Waals surface area contributed by atoms with Crippen molar-refractivity contribution in [3.05, 3.63) is 54.9 Å². The number of hydrogen-bond acceptors (Lipinski definition) is 5. The highest BCUT2D eigenvalue weighted by Gasteiger charge is 2.18. The van der Waals surface area contributed by atoms with Crippen LogP contribution in [0, 0.1) is 0 Å². The van der Waals surface area contributed by atoms with Crippen LogP contribution in [0.3, 0.4) is 0 Å². The molecule has 23 heavy (non-hydrogen) atoms. The van der Waals surface area contributed by atoms with Crippen molar-refractivity contribution < 1.29 is 4.43 Å². The van der Waals surface area contributed by atoms with E-state index in [1.807, 2.05) is 30.3 Å². The highest BCUT2D eigenvalue weighted by molar-refractivity contribution is 6.69. The van der Waals surface area contributed by atoms with Crippen LogP contribution in [0.25, 0.3) is 11.2 Å². The number of rotatable bonds is 5. The van der Waals surface area contributed by atoms with Crippen molar-refractivity contribution in [3.63, 3.8) is 0 Å². The van der Waals surface area contributed by atoms with Crippen LogP contribution in [-0.2, 0) is 4.43 Å². The van der Waals surface area contributed by atoms with Gasteiger partial charge in [0.05, 0.1) is 0 Å². The second-order valence-corrected chi connectivity index (χ2v) is 10.7. The van der Waals surface area contributed by atoms with Crippen LogP contribution < -0.4 is 4.90 Å². The topological polar surface area (TPSA) is 51.1 Å². The van der Waals surface area contributed by atoms with E-state index in [-0.39, 0.29) is 0 Å². The third-order valence-electron chi connectivity index (χ3n) is 3.29. The number of benzene rings is 1. The molecule has 0 N–H and O–H groups in total. The molecule has 0 amide bonds. The molecule has 6 heteroatoms. The third-order valence-corrected chi connectivity index (χ3v) is 4.28. The van der Waals surface area contributed by atoms with Gasteiger partial charge in [-0.3, -0.25) is 4.98 Å². The molecule has 0 saturated heterocycles. The fraction of sp³-hybridized carbons (Fsp3) is 0.235. The maximum atomic E-state index is 6.10. The van der Waals surface area contributed by atoms with Gasteiger partial charge in [0.15, 0.2) is 14.0 Å². The van der Waals surface area contributed by atoms with Crippen molar-refractivity contribution in [2.24, 2.45) is 0 Å². The van der Waals surface area contributed by atoms with E-state index in [1.165, 1.54) is 0 Å². The normalized spacial score (nSPS) is 11.6. The van der Waals surface area contributed by atoms with Crippen molar-refractivity contribution in [3.8, 4) is 0 Å². The molecule has 0 fully saturated rings. The molecule has 0 aliphatic carbocycles. The Morgan fingerprint density at radius 3 is 2.43 bits per heavy atom. The van der Waals surface area contributed by atoms with Gasteiger partial charge in [0.25, 0.3) is 0 Å². The van der Waals surface area contributed by atoms with Crippen LogP contribution >= 0.6 is 0 Å². The molecule has 0 atom stereocenters. The molecule has 0 bridgehead atoms. The quantitative estimate of drug-likeness (QED) is 0.525. The first-order valence-electron chi connectivity index (χ1n) is 7.57. The van der Waals surface area contributed by atoms with E-state index in [4.69, 9.17) is 4.43 Å².